The van der Waals surface area contributed by atoms with Crippen LogP contribution < -0.4 is 5.56 Å². The average Bonchev–Trinajstić information content (AvgIpc) is 2.64. The van der Waals surface area contributed by atoms with Gasteiger partial charge in [-0.05, 0) is 35.9 Å². The van der Waals surface area contributed by atoms with Gasteiger partial charge in [0.15, 0.2) is 0 Å². The summed E-state index contributed by atoms with van der Waals surface area (Å²) in [5.41, 5.74) is 2.84. The van der Waals surface area contributed by atoms with Crippen LogP contribution in [0.1, 0.15) is 17.5 Å². The number of benzene rings is 1. The highest BCUT2D eigenvalue weighted by atomic mass is 16.5. The average molecular weight is 324 g/mol. The number of aryl methyl sites for hydroxylation is 2. The van der Waals surface area contributed by atoms with E-state index < -0.39 is 0 Å². The number of morpholine rings is 1. The minimum absolute atomic E-state index is 0.0133. The zero-order chi connectivity index (χ0) is 16.5. The number of rotatable bonds is 2. The van der Waals surface area contributed by atoms with E-state index in [4.69, 9.17) is 4.74 Å². The van der Waals surface area contributed by atoms with Crippen LogP contribution in [0.15, 0.2) is 35.1 Å². The molecule has 5 nitrogen and oxygen atoms in total. The largest absolute Gasteiger partial charge is 0.378 e. The smallest absolute Gasteiger partial charge is 0.258 e. The van der Waals surface area contributed by atoms with Crippen LogP contribution in [0.2, 0.25) is 0 Å². The van der Waals surface area contributed by atoms with Crippen molar-refractivity contribution in [3.05, 3.63) is 51.8 Å². The summed E-state index contributed by atoms with van der Waals surface area (Å²) in [6.07, 6.45) is 5.16. The van der Waals surface area contributed by atoms with E-state index in [0.717, 1.165) is 30.3 Å². The fourth-order valence-electron chi connectivity index (χ4n) is 3.56. The normalized spacial score (nSPS) is 17.6. The van der Waals surface area contributed by atoms with Gasteiger partial charge in [0.25, 0.3) is 5.56 Å². The lowest BCUT2D eigenvalue weighted by atomic mass is 10.00. The van der Waals surface area contributed by atoms with Crippen molar-refractivity contribution in [3.63, 3.8) is 0 Å². The van der Waals surface area contributed by atoms with Crippen LogP contribution >= 0.6 is 0 Å². The molecule has 24 heavy (non-hydrogen) atoms. The number of carbonyl (C=O) groups is 1. The molecule has 0 spiro atoms. The fourth-order valence-corrected chi connectivity index (χ4v) is 3.56. The van der Waals surface area contributed by atoms with Gasteiger partial charge in [-0.3, -0.25) is 9.59 Å². The molecular formula is C19H20N2O3. The van der Waals surface area contributed by atoms with Gasteiger partial charge in [0, 0.05) is 31.3 Å². The van der Waals surface area contributed by atoms with E-state index in [1.807, 2.05) is 22.8 Å². The molecular weight excluding hydrogens is 304 g/mol. The number of hydrogen-bond acceptors (Lipinski definition) is 3. The van der Waals surface area contributed by atoms with E-state index in [1.165, 1.54) is 11.6 Å². The second kappa shape index (κ2) is 6.24. The summed E-state index contributed by atoms with van der Waals surface area (Å²) < 4.78 is 7.11. The molecule has 4 rings (SSSR count). The van der Waals surface area contributed by atoms with Crippen LogP contribution in [0.4, 0.5) is 0 Å². The van der Waals surface area contributed by atoms with E-state index in [1.54, 1.807) is 11.0 Å². The molecule has 0 atom stereocenters. The minimum Gasteiger partial charge on any atom is -0.378 e. The Morgan fingerprint density at radius 2 is 2.00 bits per heavy atom. The van der Waals surface area contributed by atoms with Crippen LogP contribution in [0.3, 0.4) is 0 Å². The predicted molar refractivity (Wildman–Crippen MR) is 93.0 cm³/mol. The monoisotopic (exact) mass is 324 g/mol. The molecule has 2 aromatic rings. The Balaban J connectivity index is 1.70. The molecule has 0 N–H and O–H groups in total. The van der Waals surface area contributed by atoms with Crippen molar-refractivity contribution in [3.8, 4) is 0 Å². The highest BCUT2D eigenvalue weighted by molar-refractivity contribution is 5.93. The molecule has 2 aliphatic rings. The number of carbonyl (C=O) groups excluding carboxylic acids is 1. The molecule has 1 amide bonds. The van der Waals surface area contributed by atoms with Gasteiger partial charge in [-0.1, -0.05) is 18.2 Å². The molecule has 1 aromatic heterocycles. The summed E-state index contributed by atoms with van der Waals surface area (Å²) >= 11 is 0. The number of hydrogen-bond donors (Lipinski definition) is 0. The first kappa shape index (κ1) is 15.1. The molecule has 2 aliphatic heterocycles. The van der Waals surface area contributed by atoms with Gasteiger partial charge in [0.1, 0.15) is 0 Å². The molecule has 0 saturated carbocycles. The summed E-state index contributed by atoms with van der Waals surface area (Å²) in [7, 11) is 0. The Labute approximate surface area is 140 Å². The van der Waals surface area contributed by atoms with Crippen LogP contribution in [0.5, 0.6) is 0 Å². The first-order valence-electron chi connectivity index (χ1n) is 8.44. The Hall–Kier alpha value is -2.40. The third-order valence-corrected chi connectivity index (χ3v) is 4.78. The maximum absolute atomic E-state index is 12.8. The molecule has 1 fully saturated rings. The van der Waals surface area contributed by atoms with E-state index in [0.29, 0.717) is 31.9 Å². The number of para-hydroxylation sites is 1. The maximum atomic E-state index is 12.8. The SMILES string of the molecule is O=C(/C=C/c1cc2cccc3c2n(c1=O)CCC3)N1CCOCC1. The van der Waals surface area contributed by atoms with E-state index in [-0.39, 0.29) is 11.5 Å². The van der Waals surface area contributed by atoms with Crippen molar-refractivity contribution in [2.75, 3.05) is 26.3 Å². The van der Waals surface area contributed by atoms with Crippen LogP contribution in [0, 0.1) is 0 Å². The summed E-state index contributed by atoms with van der Waals surface area (Å²) in [5.74, 6) is -0.0646. The van der Waals surface area contributed by atoms with Crippen molar-refractivity contribution < 1.29 is 9.53 Å². The highest BCUT2D eigenvalue weighted by Gasteiger charge is 2.16. The van der Waals surface area contributed by atoms with Crippen molar-refractivity contribution >= 4 is 22.9 Å². The third-order valence-electron chi connectivity index (χ3n) is 4.78. The van der Waals surface area contributed by atoms with Crippen molar-refractivity contribution in [2.24, 2.45) is 0 Å². The first-order valence-corrected chi connectivity index (χ1v) is 8.44. The van der Waals surface area contributed by atoms with Crippen molar-refractivity contribution in [1.82, 2.24) is 9.47 Å². The second-order valence-electron chi connectivity index (χ2n) is 6.29. The first-order chi connectivity index (χ1) is 11.7. The van der Waals surface area contributed by atoms with Crippen molar-refractivity contribution in [2.45, 2.75) is 19.4 Å². The predicted octanol–water partition coefficient (Wildman–Crippen LogP) is 1.82. The van der Waals surface area contributed by atoms with Gasteiger partial charge in [-0.15, -0.1) is 0 Å². The van der Waals surface area contributed by atoms with Gasteiger partial charge in [0.05, 0.1) is 18.7 Å². The van der Waals surface area contributed by atoms with Crippen LogP contribution in [-0.4, -0.2) is 41.7 Å². The Morgan fingerprint density at radius 1 is 1.17 bits per heavy atom. The van der Waals surface area contributed by atoms with E-state index in [2.05, 4.69) is 6.07 Å². The molecule has 5 heteroatoms. The molecule has 1 aromatic carbocycles. The van der Waals surface area contributed by atoms with Gasteiger partial charge >= 0.3 is 0 Å². The molecule has 0 aliphatic carbocycles. The summed E-state index contributed by atoms with van der Waals surface area (Å²) in [4.78, 5) is 26.7. The highest BCUT2D eigenvalue weighted by Crippen LogP contribution is 2.24. The number of aromatic nitrogens is 1. The van der Waals surface area contributed by atoms with Gasteiger partial charge in [-0.2, -0.15) is 0 Å². The number of pyridine rings is 1. The lowest BCUT2D eigenvalue weighted by Gasteiger charge is -2.25. The Bertz CT molecular complexity index is 876. The van der Waals surface area contributed by atoms with Gasteiger partial charge in [0.2, 0.25) is 5.91 Å². The second-order valence-corrected chi connectivity index (χ2v) is 6.29. The lowest BCUT2D eigenvalue weighted by molar-refractivity contribution is -0.129. The van der Waals surface area contributed by atoms with Gasteiger partial charge in [-0.25, -0.2) is 0 Å². The lowest BCUT2D eigenvalue weighted by Crippen LogP contribution is -2.39. The Morgan fingerprint density at radius 3 is 2.83 bits per heavy atom. The molecule has 1 saturated heterocycles. The van der Waals surface area contributed by atoms with E-state index >= 15 is 0 Å². The zero-order valence-corrected chi connectivity index (χ0v) is 13.5. The summed E-state index contributed by atoms with van der Waals surface area (Å²) in [5, 5.41) is 1.06. The van der Waals surface area contributed by atoms with Gasteiger partial charge < -0.3 is 14.2 Å². The number of ether oxygens (including phenoxy) is 1. The molecule has 3 heterocycles. The van der Waals surface area contributed by atoms with E-state index in [9.17, 15) is 9.59 Å². The topological polar surface area (TPSA) is 51.5 Å². The standard InChI is InChI=1S/C19H20N2O3/c22-17(20-9-11-24-12-10-20)7-6-16-13-15-4-1-3-14-5-2-8-21(18(14)15)19(16)23/h1,3-4,6-7,13H,2,5,8-12H2/b7-6+. The van der Waals surface area contributed by atoms with Crippen LogP contribution in [-0.2, 0) is 22.5 Å². The number of amides is 1. The zero-order valence-electron chi connectivity index (χ0n) is 13.5. The minimum atomic E-state index is -0.0646. The van der Waals surface area contributed by atoms with Crippen LogP contribution in [0.25, 0.3) is 17.0 Å². The summed E-state index contributed by atoms with van der Waals surface area (Å²) in [6.45, 7) is 3.10. The van der Waals surface area contributed by atoms with Crippen molar-refractivity contribution in [1.29, 1.82) is 0 Å². The number of nitrogens with zero attached hydrogens (tertiary/aromatic N) is 2. The molecule has 0 radical (unpaired) electrons. The molecule has 124 valence electrons. The third kappa shape index (κ3) is 2.65. The summed E-state index contributed by atoms with van der Waals surface area (Å²) in [6, 6.07) is 8.05. The molecule has 0 bridgehead atoms. The fraction of sp³-hybridized carbons (Fsp3) is 0.368. The maximum Gasteiger partial charge on any atom is 0.258 e. The molecule has 0 unspecified atom stereocenters. The Kier molecular flexibility index (Phi) is 3.94. The quantitative estimate of drug-likeness (QED) is 0.792.